The molecule has 8 nitrogen and oxygen atoms in total. The number of fused-ring (bicyclic) bond motifs is 7. The van der Waals surface area contributed by atoms with Gasteiger partial charge < -0.3 is 35.6 Å². The molecule has 1 heterocycles. The van der Waals surface area contributed by atoms with Gasteiger partial charge in [-0.25, -0.2) is 0 Å². The van der Waals surface area contributed by atoms with Crippen LogP contribution in [-0.2, 0) is 9.53 Å². The Kier molecular flexibility index (Phi) is 7.84. The van der Waals surface area contributed by atoms with Crippen molar-refractivity contribution >= 4 is 5.91 Å². The summed E-state index contributed by atoms with van der Waals surface area (Å²) in [6.07, 6.45) is 4.92. The van der Waals surface area contributed by atoms with Gasteiger partial charge in [-0.2, -0.15) is 0 Å². The standard InChI is InChI=1S/C36H59NO7/c1-31(2)14-16-36(30(43)37-29-28(42)27(41)26(40)22(19-38)44-29)17-15-34(6)20(21(36)18-31)8-9-24-33(5)12-11-25(39)32(3,4)23(33)10-13-35(24,34)7/h8,21-29,38-42H,9-19H2,1-7H3,(H,37,43)/t21-,22+,23-,24+,25-,26-,27-,28+,29+,33-,34+,35+,36-/m0/s1. The highest BCUT2D eigenvalue weighted by atomic mass is 16.6. The molecule has 1 aliphatic heterocycles. The quantitative estimate of drug-likeness (QED) is 0.263. The van der Waals surface area contributed by atoms with E-state index < -0.39 is 42.7 Å². The topological polar surface area (TPSA) is 139 Å². The third-order valence-corrected chi connectivity index (χ3v) is 15.2. The van der Waals surface area contributed by atoms with Crippen molar-refractivity contribution < 1.29 is 35.1 Å². The molecular formula is C36H59NO7. The van der Waals surface area contributed by atoms with Gasteiger partial charge in [0.05, 0.1) is 18.1 Å². The molecule has 0 aromatic heterocycles. The van der Waals surface area contributed by atoms with Gasteiger partial charge in [-0.05, 0) is 109 Å². The molecule has 8 heteroatoms. The van der Waals surface area contributed by atoms with Crippen molar-refractivity contribution in [2.75, 3.05) is 6.61 Å². The van der Waals surface area contributed by atoms with Crippen LogP contribution in [0.1, 0.15) is 113 Å². The van der Waals surface area contributed by atoms with Gasteiger partial charge >= 0.3 is 0 Å². The summed E-state index contributed by atoms with van der Waals surface area (Å²) in [6, 6.07) is 0. The third kappa shape index (κ3) is 4.40. The number of hydrogen-bond donors (Lipinski definition) is 6. The summed E-state index contributed by atoms with van der Waals surface area (Å²) in [7, 11) is 0. The highest BCUT2D eigenvalue weighted by molar-refractivity contribution is 5.84. The Bertz CT molecular complexity index is 1180. The summed E-state index contributed by atoms with van der Waals surface area (Å²) in [5.41, 5.74) is 0.967. The smallest absolute Gasteiger partial charge is 0.228 e. The number of carbonyl (C=O) groups is 1. The lowest BCUT2D eigenvalue weighted by molar-refractivity contribution is -0.238. The predicted molar refractivity (Wildman–Crippen MR) is 167 cm³/mol. The molecule has 6 rings (SSSR count). The molecule has 0 unspecified atom stereocenters. The van der Waals surface area contributed by atoms with E-state index in [0.29, 0.717) is 11.8 Å². The summed E-state index contributed by atoms with van der Waals surface area (Å²) in [5, 5.41) is 55.1. The molecule has 5 aliphatic carbocycles. The Balaban J connectivity index is 1.35. The summed E-state index contributed by atoms with van der Waals surface area (Å²) in [6.45, 7) is 16.2. The lowest BCUT2D eigenvalue weighted by Crippen LogP contribution is -2.67. The number of ether oxygens (including phenoxy) is 1. The molecule has 1 amide bonds. The van der Waals surface area contributed by atoms with Crippen molar-refractivity contribution in [3.63, 3.8) is 0 Å². The minimum absolute atomic E-state index is 0.0465. The van der Waals surface area contributed by atoms with Crippen LogP contribution in [-0.4, -0.2) is 74.8 Å². The largest absolute Gasteiger partial charge is 0.394 e. The molecule has 250 valence electrons. The first-order valence-electron chi connectivity index (χ1n) is 17.4. The van der Waals surface area contributed by atoms with Gasteiger partial charge in [0.15, 0.2) is 6.23 Å². The van der Waals surface area contributed by atoms with Gasteiger partial charge in [-0.3, -0.25) is 4.79 Å². The molecule has 0 aromatic carbocycles. The number of aliphatic hydroxyl groups is 5. The molecule has 0 radical (unpaired) electrons. The normalized spacial score (nSPS) is 52.8. The monoisotopic (exact) mass is 617 g/mol. The number of amides is 1. The molecule has 0 bridgehead atoms. The van der Waals surface area contributed by atoms with Crippen LogP contribution >= 0.6 is 0 Å². The van der Waals surface area contributed by atoms with Crippen molar-refractivity contribution in [2.45, 2.75) is 149 Å². The van der Waals surface area contributed by atoms with Crippen molar-refractivity contribution in [1.29, 1.82) is 0 Å². The first-order chi connectivity index (χ1) is 20.4. The number of carbonyl (C=O) groups excluding carboxylic acids is 1. The Morgan fingerprint density at radius 1 is 0.864 bits per heavy atom. The van der Waals surface area contributed by atoms with E-state index in [1.165, 1.54) is 5.57 Å². The fourth-order valence-electron chi connectivity index (χ4n) is 12.1. The zero-order valence-corrected chi connectivity index (χ0v) is 28.1. The van der Waals surface area contributed by atoms with Gasteiger partial charge in [-0.15, -0.1) is 0 Å². The highest BCUT2D eigenvalue weighted by Crippen LogP contribution is 2.75. The van der Waals surface area contributed by atoms with Crippen molar-refractivity contribution in [3.05, 3.63) is 11.6 Å². The molecule has 44 heavy (non-hydrogen) atoms. The number of hydrogen-bond acceptors (Lipinski definition) is 7. The van der Waals surface area contributed by atoms with E-state index in [9.17, 15) is 30.3 Å². The minimum atomic E-state index is -1.53. The van der Waals surface area contributed by atoms with E-state index in [-0.39, 0.29) is 45.0 Å². The predicted octanol–water partition coefficient (Wildman–Crippen LogP) is 4.07. The number of rotatable bonds is 3. The van der Waals surface area contributed by atoms with Crippen LogP contribution in [0.5, 0.6) is 0 Å². The van der Waals surface area contributed by atoms with Gasteiger partial charge in [0.2, 0.25) is 5.91 Å². The van der Waals surface area contributed by atoms with Gasteiger partial charge in [-0.1, -0.05) is 60.1 Å². The van der Waals surface area contributed by atoms with Gasteiger partial charge in [0.1, 0.15) is 24.4 Å². The Hall–Kier alpha value is -1.03. The molecule has 4 saturated carbocycles. The average Bonchev–Trinajstić information content (AvgIpc) is 2.95. The molecule has 6 aliphatic rings. The Morgan fingerprint density at radius 2 is 1.55 bits per heavy atom. The van der Waals surface area contributed by atoms with E-state index in [1.807, 2.05) is 0 Å². The lowest BCUT2D eigenvalue weighted by atomic mass is 9.33. The Labute approximate surface area is 264 Å². The maximum absolute atomic E-state index is 14.5. The number of nitrogens with one attached hydrogen (secondary N) is 1. The van der Waals surface area contributed by atoms with E-state index in [2.05, 4.69) is 59.9 Å². The van der Waals surface area contributed by atoms with Crippen molar-refractivity contribution in [3.8, 4) is 0 Å². The summed E-state index contributed by atoms with van der Waals surface area (Å²) < 4.78 is 5.73. The second-order valence-electron chi connectivity index (χ2n) is 18.0. The lowest BCUT2D eigenvalue weighted by Gasteiger charge is -2.71. The molecule has 0 aromatic rings. The van der Waals surface area contributed by atoms with E-state index in [4.69, 9.17) is 4.74 Å². The fraction of sp³-hybridized carbons (Fsp3) is 0.917. The second-order valence-corrected chi connectivity index (χ2v) is 18.0. The zero-order chi connectivity index (χ0) is 32.3. The van der Waals surface area contributed by atoms with E-state index >= 15 is 0 Å². The van der Waals surface area contributed by atoms with Gasteiger partial charge in [0.25, 0.3) is 0 Å². The van der Waals surface area contributed by atoms with Crippen LogP contribution in [0, 0.1) is 50.2 Å². The Morgan fingerprint density at radius 3 is 2.23 bits per heavy atom. The summed E-state index contributed by atoms with van der Waals surface area (Å²) in [4.78, 5) is 14.5. The fourth-order valence-corrected chi connectivity index (χ4v) is 12.1. The van der Waals surface area contributed by atoms with Crippen LogP contribution in [0.2, 0.25) is 0 Å². The SMILES string of the molecule is CC1(C)CC[C@]2(C(=O)N[C@@H]3O[C@H](CO)[C@H](O)[C@H](O)[C@H]3O)CC[C@]3(C)C(=CC[C@@H]4[C@@]5(C)CC[C@H](O)C(C)(C)[C@@H]5CC[C@]43C)[C@@H]2C1. The van der Waals surface area contributed by atoms with Gasteiger partial charge in [0, 0.05) is 0 Å². The first kappa shape index (κ1) is 32.9. The average molecular weight is 618 g/mol. The number of aliphatic hydroxyl groups excluding tert-OH is 5. The van der Waals surface area contributed by atoms with Crippen LogP contribution in [0.15, 0.2) is 11.6 Å². The maximum Gasteiger partial charge on any atom is 0.228 e. The van der Waals surface area contributed by atoms with Crippen LogP contribution in [0.4, 0.5) is 0 Å². The van der Waals surface area contributed by atoms with Crippen LogP contribution in [0.3, 0.4) is 0 Å². The highest BCUT2D eigenvalue weighted by Gasteiger charge is 2.69. The molecule has 6 N–H and O–H groups in total. The summed E-state index contributed by atoms with van der Waals surface area (Å²) >= 11 is 0. The van der Waals surface area contributed by atoms with Crippen LogP contribution < -0.4 is 5.32 Å². The first-order valence-corrected chi connectivity index (χ1v) is 17.4. The zero-order valence-electron chi connectivity index (χ0n) is 28.1. The molecule has 5 fully saturated rings. The summed E-state index contributed by atoms with van der Waals surface area (Å²) in [5.74, 6) is 0.899. The molecular weight excluding hydrogens is 558 g/mol. The molecule has 0 spiro atoms. The van der Waals surface area contributed by atoms with E-state index in [0.717, 1.165) is 64.2 Å². The minimum Gasteiger partial charge on any atom is -0.394 e. The second kappa shape index (κ2) is 10.5. The molecule has 13 atom stereocenters. The maximum atomic E-state index is 14.5. The van der Waals surface area contributed by atoms with Crippen molar-refractivity contribution in [1.82, 2.24) is 5.32 Å². The third-order valence-electron chi connectivity index (χ3n) is 15.2. The van der Waals surface area contributed by atoms with E-state index in [1.54, 1.807) is 0 Å². The van der Waals surface area contributed by atoms with Crippen molar-refractivity contribution in [2.24, 2.45) is 50.2 Å². The molecule has 1 saturated heterocycles. The van der Waals surface area contributed by atoms with Crippen LogP contribution in [0.25, 0.3) is 0 Å². The number of allylic oxidation sites excluding steroid dienone is 2.